The molecule has 0 aliphatic heterocycles. The van der Waals surface area contributed by atoms with Gasteiger partial charge in [0, 0.05) is 23.9 Å². The van der Waals surface area contributed by atoms with Gasteiger partial charge < -0.3 is 9.67 Å². The predicted molar refractivity (Wildman–Crippen MR) is 57.9 cm³/mol. The van der Waals surface area contributed by atoms with Gasteiger partial charge in [-0.2, -0.15) is 0 Å². The maximum absolute atomic E-state index is 10.5. The summed E-state index contributed by atoms with van der Waals surface area (Å²) in [6, 6.07) is 0. The van der Waals surface area contributed by atoms with E-state index in [1.165, 1.54) is 0 Å². The molecule has 0 radical (unpaired) electrons. The molecule has 4 nitrogen and oxygen atoms in total. The van der Waals surface area contributed by atoms with E-state index in [1.807, 2.05) is 6.92 Å². The largest absolute Gasteiger partial charge is 0.481 e. The molecule has 0 spiro atoms. The van der Waals surface area contributed by atoms with Crippen molar-refractivity contribution >= 4 is 5.97 Å². The van der Waals surface area contributed by atoms with Crippen LogP contribution in [-0.4, -0.2) is 20.6 Å². The van der Waals surface area contributed by atoms with Crippen molar-refractivity contribution in [3.63, 3.8) is 0 Å². The van der Waals surface area contributed by atoms with Crippen molar-refractivity contribution in [1.82, 2.24) is 9.55 Å². The fourth-order valence-electron chi connectivity index (χ4n) is 1.80. The number of aromatic nitrogens is 2. The Labute approximate surface area is 89.9 Å². The van der Waals surface area contributed by atoms with Gasteiger partial charge in [-0.15, -0.1) is 0 Å². The Morgan fingerprint density at radius 2 is 2.13 bits per heavy atom. The summed E-state index contributed by atoms with van der Waals surface area (Å²) in [7, 11) is 0. The van der Waals surface area contributed by atoms with Crippen LogP contribution in [0, 0.1) is 6.92 Å². The maximum atomic E-state index is 10.5. The van der Waals surface area contributed by atoms with Crippen molar-refractivity contribution in [3.8, 4) is 0 Å². The molecule has 84 valence electrons. The van der Waals surface area contributed by atoms with Crippen molar-refractivity contribution in [2.45, 2.75) is 46.1 Å². The molecule has 0 aliphatic carbocycles. The molecule has 0 bridgehead atoms. The predicted octanol–water partition coefficient (Wildman–Crippen LogP) is 1.96. The molecule has 1 aromatic heterocycles. The van der Waals surface area contributed by atoms with Crippen LogP contribution in [0.3, 0.4) is 0 Å². The van der Waals surface area contributed by atoms with E-state index in [0.717, 1.165) is 11.5 Å². The number of hydrogen-bond donors (Lipinski definition) is 1. The molecule has 1 N–H and O–H groups in total. The molecule has 0 saturated carbocycles. The van der Waals surface area contributed by atoms with Gasteiger partial charge in [-0.25, -0.2) is 4.98 Å². The molecular formula is C11H18N2O2. The minimum absolute atomic E-state index is 0.0472. The number of carboxylic acid groups (broad SMARTS) is 1. The first-order chi connectivity index (χ1) is 6.82. The number of rotatable bonds is 3. The second-order valence-corrected chi connectivity index (χ2v) is 4.72. The lowest BCUT2D eigenvalue weighted by molar-refractivity contribution is -0.137. The summed E-state index contributed by atoms with van der Waals surface area (Å²) in [5.41, 5.74) is 1.02. The number of aliphatic carboxylic acids is 1. The highest BCUT2D eigenvalue weighted by Gasteiger charge is 2.19. The van der Waals surface area contributed by atoms with Gasteiger partial charge >= 0.3 is 5.97 Å². The fraction of sp³-hybridized carbons (Fsp3) is 0.636. The molecule has 0 atom stereocenters. The monoisotopic (exact) mass is 210 g/mol. The molecule has 4 heteroatoms. The third-order valence-electron chi connectivity index (χ3n) is 2.24. The van der Waals surface area contributed by atoms with Crippen LogP contribution in [0.4, 0.5) is 0 Å². The average Bonchev–Trinajstić information content (AvgIpc) is 2.42. The fourth-order valence-corrected chi connectivity index (χ4v) is 1.80. The summed E-state index contributed by atoms with van der Waals surface area (Å²) in [6.07, 6.45) is 2.41. The van der Waals surface area contributed by atoms with E-state index >= 15 is 0 Å². The van der Waals surface area contributed by atoms with Gasteiger partial charge in [0.2, 0.25) is 0 Å². The van der Waals surface area contributed by atoms with Crippen molar-refractivity contribution in [2.75, 3.05) is 0 Å². The molecule has 0 aliphatic rings. The Balaban J connectivity index is 2.94. The molecule has 0 saturated heterocycles. The van der Waals surface area contributed by atoms with Crippen LogP contribution in [-0.2, 0) is 16.8 Å². The maximum Gasteiger partial charge on any atom is 0.303 e. The van der Waals surface area contributed by atoms with Crippen molar-refractivity contribution in [3.05, 3.63) is 17.7 Å². The van der Waals surface area contributed by atoms with Gasteiger partial charge in [-0.05, 0) is 27.7 Å². The first-order valence-corrected chi connectivity index (χ1v) is 5.08. The highest BCUT2D eigenvalue weighted by atomic mass is 16.4. The van der Waals surface area contributed by atoms with Crippen LogP contribution >= 0.6 is 0 Å². The minimum atomic E-state index is -0.781. The number of aryl methyl sites for hydroxylation is 2. The zero-order valence-electron chi connectivity index (χ0n) is 9.74. The number of carbonyl (C=O) groups is 1. The molecule has 1 rings (SSSR count). The first kappa shape index (κ1) is 11.8. The van der Waals surface area contributed by atoms with E-state index in [-0.39, 0.29) is 12.0 Å². The average molecular weight is 210 g/mol. The Bertz CT molecular complexity index is 361. The lowest BCUT2D eigenvalue weighted by Gasteiger charge is -2.25. The second-order valence-electron chi connectivity index (χ2n) is 4.72. The number of nitrogens with zero attached hydrogens (tertiary/aromatic N) is 2. The van der Waals surface area contributed by atoms with Gasteiger partial charge in [0.25, 0.3) is 0 Å². The number of carboxylic acids is 1. The van der Waals surface area contributed by atoms with E-state index < -0.39 is 5.97 Å². The van der Waals surface area contributed by atoms with Gasteiger partial charge in [0.05, 0.1) is 6.42 Å². The zero-order chi connectivity index (χ0) is 11.6. The van der Waals surface area contributed by atoms with E-state index in [2.05, 4.69) is 30.3 Å². The molecule has 1 aromatic rings. The Morgan fingerprint density at radius 1 is 1.53 bits per heavy atom. The summed E-state index contributed by atoms with van der Waals surface area (Å²) < 4.78 is 2.09. The summed E-state index contributed by atoms with van der Waals surface area (Å²) >= 11 is 0. The van der Waals surface area contributed by atoms with E-state index in [9.17, 15) is 4.79 Å². The molecule has 15 heavy (non-hydrogen) atoms. The summed E-state index contributed by atoms with van der Waals surface area (Å²) in [5, 5.41) is 8.64. The van der Waals surface area contributed by atoms with Gasteiger partial charge in [-0.3, -0.25) is 4.79 Å². The van der Waals surface area contributed by atoms with E-state index in [0.29, 0.717) is 6.42 Å². The first-order valence-electron chi connectivity index (χ1n) is 5.08. The van der Waals surface area contributed by atoms with Crippen LogP contribution in [0.5, 0.6) is 0 Å². The number of hydrogen-bond acceptors (Lipinski definition) is 2. The molecule has 0 unspecified atom stereocenters. The standard InChI is InChI=1S/C11H18N2O2/c1-8-7-12-9(5-6-10(14)15)13(8)11(2,3)4/h7H,5-6H2,1-4H3,(H,14,15). The normalized spacial score (nSPS) is 11.7. The molecule has 0 fully saturated rings. The lowest BCUT2D eigenvalue weighted by Crippen LogP contribution is -2.25. The Hall–Kier alpha value is -1.32. The molecule has 1 heterocycles. The summed E-state index contributed by atoms with van der Waals surface area (Å²) in [5.74, 6) is 0.0681. The van der Waals surface area contributed by atoms with Crippen LogP contribution < -0.4 is 0 Å². The third-order valence-corrected chi connectivity index (χ3v) is 2.24. The lowest BCUT2D eigenvalue weighted by atomic mass is 10.1. The third kappa shape index (κ3) is 2.81. The van der Waals surface area contributed by atoms with Crippen LogP contribution in [0.25, 0.3) is 0 Å². The van der Waals surface area contributed by atoms with Gasteiger partial charge in [-0.1, -0.05) is 0 Å². The van der Waals surface area contributed by atoms with Crippen LogP contribution in [0.2, 0.25) is 0 Å². The second kappa shape index (κ2) is 4.04. The van der Waals surface area contributed by atoms with Gasteiger partial charge in [0.15, 0.2) is 0 Å². The minimum Gasteiger partial charge on any atom is -0.481 e. The molecular weight excluding hydrogens is 192 g/mol. The van der Waals surface area contributed by atoms with E-state index in [4.69, 9.17) is 5.11 Å². The van der Waals surface area contributed by atoms with Gasteiger partial charge in [0.1, 0.15) is 5.82 Å². The van der Waals surface area contributed by atoms with E-state index in [1.54, 1.807) is 6.20 Å². The summed E-state index contributed by atoms with van der Waals surface area (Å²) in [6.45, 7) is 8.26. The molecule has 0 aromatic carbocycles. The smallest absolute Gasteiger partial charge is 0.303 e. The Morgan fingerprint density at radius 3 is 2.60 bits per heavy atom. The highest BCUT2D eigenvalue weighted by Crippen LogP contribution is 2.20. The van der Waals surface area contributed by atoms with Crippen molar-refractivity contribution < 1.29 is 9.90 Å². The topological polar surface area (TPSA) is 55.1 Å². The number of imidazole rings is 1. The highest BCUT2D eigenvalue weighted by molar-refractivity contribution is 5.66. The molecule has 0 amide bonds. The zero-order valence-corrected chi connectivity index (χ0v) is 9.74. The van der Waals surface area contributed by atoms with Crippen molar-refractivity contribution in [2.24, 2.45) is 0 Å². The van der Waals surface area contributed by atoms with Crippen LogP contribution in [0.15, 0.2) is 6.20 Å². The summed E-state index contributed by atoms with van der Waals surface area (Å²) in [4.78, 5) is 14.8. The van der Waals surface area contributed by atoms with Crippen LogP contribution in [0.1, 0.15) is 38.7 Å². The van der Waals surface area contributed by atoms with Crippen molar-refractivity contribution in [1.29, 1.82) is 0 Å². The SMILES string of the molecule is Cc1cnc(CCC(=O)O)n1C(C)(C)C. The Kier molecular flexibility index (Phi) is 3.17. The quantitative estimate of drug-likeness (QED) is 0.829.